The molecule has 2 N–H and O–H groups in total. The SMILES string of the molecule is O=C(O)c1cccc(CN2CCC(c3cn(CC4CC4)c4ccccc34)CC2)c1.O=C(O)c1ccccc1OCCN1CCC(c2cn(CC3CC3)c3ccccc23)CC1. The zero-order valence-corrected chi connectivity index (χ0v) is 34.6. The molecule has 4 heterocycles. The number of ether oxygens (including phenoxy) is 1. The van der Waals surface area contributed by atoms with Gasteiger partial charge in [0, 0.05) is 60.4 Å². The van der Waals surface area contributed by atoms with Crippen LogP contribution in [0.1, 0.15) is 101 Å². The van der Waals surface area contributed by atoms with Crippen molar-refractivity contribution in [2.45, 2.75) is 82.8 Å². The molecule has 6 aromatic rings. The summed E-state index contributed by atoms with van der Waals surface area (Å²) in [5.74, 6) is 1.62. The quantitative estimate of drug-likeness (QED) is 0.113. The molecule has 0 radical (unpaired) electrons. The number of hydrogen-bond acceptors (Lipinski definition) is 5. The fourth-order valence-electron chi connectivity index (χ4n) is 9.64. The minimum atomic E-state index is -0.947. The first-order chi connectivity index (χ1) is 29.4. The molecule has 9 heteroatoms. The number of fused-ring (bicyclic) bond motifs is 2. The Morgan fingerprint density at radius 2 is 1.12 bits per heavy atom. The second kappa shape index (κ2) is 18.1. The molecule has 9 nitrogen and oxygen atoms in total. The summed E-state index contributed by atoms with van der Waals surface area (Å²) in [5.41, 5.74) is 7.50. The van der Waals surface area contributed by atoms with E-state index in [1.54, 1.807) is 30.3 Å². The maximum atomic E-state index is 11.3. The number of piperidine rings is 2. The minimum absolute atomic E-state index is 0.226. The third kappa shape index (κ3) is 9.48. The number of likely N-dealkylation sites (tertiary alicyclic amines) is 2. The Balaban J connectivity index is 0.000000154. The molecule has 0 unspecified atom stereocenters. The molecular formula is C51H58N4O5. The highest BCUT2D eigenvalue weighted by Gasteiger charge is 2.28. The summed E-state index contributed by atoms with van der Waals surface area (Å²) < 4.78 is 10.8. The van der Waals surface area contributed by atoms with Crippen LogP contribution < -0.4 is 4.74 Å². The monoisotopic (exact) mass is 806 g/mol. The van der Waals surface area contributed by atoms with Crippen LogP contribution in [0.15, 0.2) is 109 Å². The molecular weight excluding hydrogens is 749 g/mol. The summed E-state index contributed by atoms with van der Waals surface area (Å²) >= 11 is 0. The van der Waals surface area contributed by atoms with Gasteiger partial charge in [0.2, 0.25) is 0 Å². The second-order valence-electron chi connectivity index (χ2n) is 17.7. The molecule has 0 amide bonds. The van der Waals surface area contributed by atoms with E-state index in [2.05, 4.69) is 79.9 Å². The van der Waals surface area contributed by atoms with Crippen LogP contribution in [0.5, 0.6) is 5.75 Å². The van der Waals surface area contributed by atoms with Crippen LogP contribution in [0.4, 0.5) is 0 Å². The molecule has 10 rings (SSSR count). The first-order valence-electron chi connectivity index (χ1n) is 22.2. The fraction of sp³-hybridized carbons (Fsp3) is 0.412. The lowest BCUT2D eigenvalue weighted by Crippen LogP contribution is -2.35. The molecule has 2 aromatic heterocycles. The molecule has 0 spiro atoms. The van der Waals surface area contributed by atoms with Crippen LogP contribution in [0, 0.1) is 11.8 Å². The molecule has 4 aliphatic rings. The van der Waals surface area contributed by atoms with E-state index >= 15 is 0 Å². The van der Waals surface area contributed by atoms with Crippen molar-refractivity contribution in [2.24, 2.45) is 11.8 Å². The number of rotatable bonds is 14. The van der Waals surface area contributed by atoms with E-state index in [4.69, 9.17) is 4.74 Å². The molecule has 4 aromatic carbocycles. The number of hydrogen-bond donors (Lipinski definition) is 2. The Morgan fingerprint density at radius 1 is 0.583 bits per heavy atom. The van der Waals surface area contributed by atoms with Crippen LogP contribution in [0.25, 0.3) is 21.8 Å². The molecule has 60 heavy (non-hydrogen) atoms. The number of nitrogens with zero attached hydrogens (tertiary/aromatic N) is 4. The Kier molecular flexibility index (Phi) is 12.1. The van der Waals surface area contributed by atoms with Gasteiger partial charge in [-0.2, -0.15) is 0 Å². The summed E-state index contributed by atoms with van der Waals surface area (Å²) in [5, 5.41) is 21.4. The van der Waals surface area contributed by atoms with Gasteiger partial charge >= 0.3 is 11.9 Å². The van der Waals surface area contributed by atoms with Crippen molar-refractivity contribution in [3.05, 3.63) is 137 Å². The molecule has 0 atom stereocenters. The van der Waals surface area contributed by atoms with E-state index in [1.807, 2.05) is 18.2 Å². The van der Waals surface area contributed by atoms with Gasteiger partial charge in [-0.3, -0.25) is 9.80 Å². The van der Waals surface area contributed by atoms with E-state index in [0.29, 0.717) is 29.8 Å². The largest absolute Gasteiger partial charge is 0.491 e. The maximum Gasteiger partial charge on any atom is 0.339 e. The summed E-state index contributed by atoms with van der Waals surface area (Å²) in [4.78, 5) is 27.4. The Hall–Kier alpha value is -5.38. The van der Waals surface area contributed by atoms with E-state index in [9.17, 15) is 19.8 Å². The summed E-state index contributed by atoms with van der Waals surface area (Å²) in [6, 6.07) is 31.9. The first kappa shape index (κ1) is 40.0. The van der Waals surface area contributed by atoms with Crippen LogP contribution in [0.3, 0.4) is 0 Å². The number of aromatic carboxylic acids is 2. The van der Waals surface area contributed by atoms with Crippen molar-refractivity contribution in [3.63, 3.8) is 0 Å². The van der Waals surface area contributed by atoms with E-state index in [0.717, 1.165) is 88.9 Å². The summed E-state index contributed by atoms with van der Waals surface area (Å²) in [7, 11) is 0. The molecule has 2 aliphatic heterocycles. The average Bonchev–Trinajstić information content (AvgIpc) is 4.21. The summed E-state index contributed by atoms with van der Waals surface area (Å²) in [6.45, 7) is 8.71. The van der Waals surface area contributed by atoms with Gasteiger partial charge in [0.1, 0.15) is 17.9 Å². The van der Waals surface area contributed by atoms with Crippen molar-refractivity contribution in [1.82, 2.24) is 18.9 Å². The van der Waals surface area contributed by atoms with E-state index in [-0.39, 0.29) is 5.56 Å². The number of para-hydroxylation sites is 3. The second-order valence-corrected chi connectivity index (χ2v) is 17.7. The lowest BCUT2D eigenvalue weighted by atomic mass is 9.89. The maximum absolute atomic E-state index is 11.3. The van der Waals surface area contributed by atoms with Gasteiger partial charge in [-0.25, -0.2) is 9.59 Å². The molecule has 2 aliphatic carbocycles. The van der Waals surface area contributed by atoms with E-state index < -0.39 is 11.9 Å². The Morgan fingerprint density at radius 3 is 1.67 bits per heavy atom. The van der Waals surface area contributed by atoms with Crippen LogP contribution in [0.2, 0.25) is 0 Å². The predicted molar refractivity (Wildman–Crippen MR) is 237 cm³/mol. The molecule has 2 saturated heterocycles. The van der Waals surface area contributed by atoms with E-state index in [1.165, 1.54) is 65.2 Å². The predicted octanol–water partition coefficient (Wildman–Crippen LogP) is 10.1. The van der Waals surface area contributed by atoms with Crippen molar-refractivity contribution in [2.75, 3.05) is 39.3 Å². The highest BCUT2D eigenvalue weighted by Crippen LogP contribution is 2.39. The van der Waals surface area contributed by atoms with Crippen LogP contribution in [-0.2, 0) is 19.6 Å². The fourth-order valence-corrected chi connectivity index (χ4v) is 9.64. The van der Waals surface area contributed by atoms with Crippen LogP contribution >= 0.6 is 0 Å². The highest BCUT2D eigenvalue weighted by atomic mass is 16.5. The Bertz CT molecular complexity index is 2430. The summed E-state index contributed by atoms with van der Waals surface area (Å²) in [6.07, 6.45) is 15.0. The van der Waals surface area contributed by atoms with Gasteiger partial charge < -0.3 is 24.1 Å². The van der Waals surface area contributed by atoms with Gasteiger partial charge in [-0.1, -0.05) is 60.7 Å². The lowest BCUT2D eigenvalue weighted by molar-refractivity contribution is 0.0682. The van der Waals surface area contributed by atoms with Crippen LogP contribution in [-0.4, -0.2) is 80.4 Å². The zero-order valence-electron chi connectivity index (χ0n) is 34.6. The first-order valence-corrected chi connectivity index (χ1v) is 22.2. The minimum Gasteiger partial charge on any atom is -0.491 e. The van der Waals surface area contributed by atoms with Gasteiger partial charge in [-0.15, -0.1) is 0 Å². The smallest absolute Gasteiger partial charge is 0.339 e. The number of carboxylic acid groups (broad SMARTS) is 2. The van der Waals surface area contributed by atoms with Crippen molar-refractivity contribution in [3.8, 4) is 5.75 Å². The third-order valence-electron chi connectivity index (χ3n) is 13.4. The van der Waals surface area contributed by atoms with Crippen molar-refractivity contribution in [1.29, 1.82) is 0 Å². The average molecular weight is 807 g/mol. The highest BCUT2D eigenvalue weighted by molar-refractivity contribution is 5.91. The van der Waals surface area contributed by atoms with Gasteiger partial charge in [-0.05, 0) is 154 Å². The lowest BCUT2D eigenvalue weighted by Gasteiger charge is -2.32. The standard InChI is InChI=1S/C26H30N2O3.C25H28N2O2/c29-26(30)22-6-2-4-8-25(22)31-16-15-27-13-11-20(12-14-27)23-18-28(17-19-9-10-19)24-7-3-1-5-21(23)24;28-25(29)21-5-3-4-19(14-21)15-26-12-10-20(11-13-26)23-17-27(16-18-8-9-18)24-7-2-1-6-22(23)24/h1-8,18-20H,9-17H2,(H,29,30);1-7,14,17-18,20H,8-13,15-16H2,(H,28,29). The number of carboxylic acids is 2. The topological polar surface area (TPSA) is 100 Å². The van der Waals surface area contributed by atoms with Crippen molar-refractivity contribution >= 4 is 33.7 Å². The van der Waals surface area contributed by atoms with Crippen molar-refractivity contribution < 1.29 is 24.5 Å². The van der Waals surface area contributed by atoms with Gasteiger partial charge in [0.15, 0.2) is 0 Å². The molecule has 0 bridgehead atoms. The molecule has 2 saturated carbocycles. The number of aromatic nitrogens is 2. The number of carbonyl (C=O) groups is 2. The van der Waals surface area contributed by atoms with Gasteiger partial charge in [0.25, 0.3) is 0 Å². The molecule has 312 valence electrons. The normalized spacial score (nSPS) is 18.1. The molecule has 4 fully saturated rings. The third-order valence-corrected chi connectivity index (χ3v) is 13.4. The Labute approximate surface area is 353 Å². The zero-order chi connectivity index (χ0) is 41.0. The number of benzene rings is 4. The van der Waals surface area contributed by atoms with Gasteiger partial charge in [0.05, 0.1) is 5.56 Å².